The SMILES string of the molecule is O=C(O)c1ccc([C@H]2Nc3ccccc3-c3nc(=O)c(-c4ccc(F)cc4)nn32)cc1. The number of benzene rings is 3. The number of hydrogen-bond donors (Lipinski definition) is 2. The van der Waals surface area contributed by atoms with E-state index < -0.39 is 23.5 Å². The Bertz CT molecular complexity index is 1370. The number of carboxylic acids is 1. The molecule has 7 nitrogen and oxygen atoms in total. The van der Waals surface area contributed by atoms with Gasteiger partial charge in [0.1, 0.15) is 12.0 Å². The number of nitrogens with zero attached hydrogens (tertiary/aromatic N) is 3. The van der Waals surface area contributed by atoms with Crippen molar-refractivity contribution < 1.29 is 14.3 Å². The first kappa shape index (κ1) is 18.7. The Balaban J connectivity index is 1.71. The van der Waals surface area contributed by atoms with Crippen LogP contribution in [0.5, 0.6) is 0 Å². The van der Waals surface area contributed by atoms with Crippen molar-refractivity contribution in [1.29, 1.82) is 0 Å². The summed E-state index contributed by atoms with van der Waals surface area (Å²) < 4.78 is 14.9. The maximum absolute atomic E-state index is 13.3. The third-order valence-electron chi connectivity index (χ3n) is 5.13. The van der Waals surface area contributed by atoms with Gasteiger partial charge in [-0.1, -0.05) is 24.3 Å². The lowest BCUT2D eigenvalue weighted by Gasteiger charge is -2.30. The zero-order valence-electron chi connectivity index (χ0n) is 16.0. The van der Waals surface area contributed by atoms with Gasteiger partial charge in [0.25, 0.3) is 5.56 Å². The molecule has 0 fully saturated rings. The van der Waals surface area contributed by atoms with E-state index in [4.69, 9.17) is 0 Å². The molecule has 0 saturated heterocycles. The van der Waals surface area contributed by atoms with Gasteiger partial charge in [0.2, 0.25) is 0 Å². The van der Waals surface area contributed by atoms with E-state index in [0.717, 1.165) is 16.8 Å². The molecule has 1 atom stereocenters. The molecule has 3 aromatic carbocycles. The number of aromatic carboxylic acids is 1. The number of carbonyl (C=O) groups is 1. The van der Waals surface area contributed by atoms with Crippen molar-refractivity contribution in [2.24, 2.45) is 0 Å². The van der Waals surface area contributed by atoms with Gasteiger partial charge in [-0.15, -0.1) is 0 Å². The van der Waals surface area contributed by atoms with E-state index in [1.54, 1.807) is 16.8 Å². The highest BCUT2D eigenvalue weighted by Gasteiger charge is 2.28. The Kier molecular flexibility index (Phi) is 4.32. The number of carboxylic acid groups (broad SMARTS) is 1. The number of hydrogen-bond acceptors (Lipinski definition) is 5. The molecule has 0 spiro atoms. The van der Waals surface area contributed by atoms with E-state index in [0.29, 0.717) is 11.4 Å². The summed E-state index contributed by atoms with van der Waals surface area (Å²) in [6.07, 6.45) is -0.528. The van der Waals surface area contributed by atoms with Gasteiger partial charge in [-0.2, -0.15) is 10.1 Å². The Morgan fingerprint density at radius 2 is 1.71 bits per heavy atom. The molecule has 4 aromatic rings. The fourth-order valence-corrected chi connectivity index (χ4v) is 3.60. The Labute approximate surface area is 175 Å². The standard InChI is InChI=1S/C23H15FN4O3/c24-16-11-9-13(10-12-16)19-22(29)26-21-17-3-1-2-4-18(17)25-20(28(21)27-19)14-5-7-15(8-6-14)23(30)31/h1-12,20,25H,(H,30,31)/t20-/m0/s1. The van der Waals surface area contributed by atoms with Gasteiger partial charge in [0, 0.05) is 16.8 Å². The number of anilines is 1. The molecule has 31 heavy (non-hydrogen) atoms. The number of nitrogens with one attached hydrogen (secondary N) is 1. The maximum atomic E-state index is 13.3. The normalized spacial score (nSPS) is 14.3. The molecule has 1 aliphatic rings. The highest BCUT2D eigenvalue weighted by atomic mass is 19.1. The fraction of sp³-hybridized carbons (Fsp3) is 0.0435. The lowest BCUT2D eigenvalue weighted by atomic mass is 10.0. The molecule has 2 N–H and O–H groups in total. The molecule has 0 amide bonds. The van der Waals surface area contributed by atoms with Gasteiger partial charge in [0.05, 0.1) is 5.56 Å². The Morgan fingerprint density at radius 3 is 2.42 bits per heavy atom. The van der Waals surface area contributed by atoms with Crippen molar-refractivity contribution in [3.05, 3.63) is 100 Å². The third kappa shape index (κ3) is 3.24. The minimum Gasteiger partial charge on any atom is -0.478 e. The highest BCUT2D eigenvalue weighted by molar-refractivity contribution is 5.87. The van der Waals surface area contributed by atoms with E-state index in [2.05, 4.69) is 15.4 Å². The zero-order chi connectivity index (χ0) is 21.5. The van der Waals surface area contributed by atoms with E-state index >= 15 is 0 Å². The smallest absolute Gasteiger partial charge is 0.335 e. The summed E-state index contributed by atoms with van der Waals surface area (Å²) in [4.78, 5) is 28.3. The van der Waals surface area contributed by atoms with Crippen molar-refractivity contribution in [3.8, 4) is 22.6 Å². The van der Waals surface area contributed by atoms with Crippen LogP contribution in [0, 0.1) is 5.82 Å². The van der Waals surface area contributed by atoms with Crippen LogP contribution in [0.3, 0.4) is 0 Å². The summed E-state index contributed by atoms with van der Waals surface area (Å²) in [6.45, 7) is 0. The van der Waals surface area contributed by atoms with Crippen LogP contribution in [-0.2, 0) is 0 Å². The van der Waals surface area contributed by atoms with Crippen LogP contribution >= 0.6 is 0 Å². The maximum Gasteiger partial charge on any atom is 0.335 e. The molecule has 0 unspecified atom stereocenters. The average molecular weight is 414 g/mol. The minimum atomic E-state index is -1.02. The quantitative estimate of drug-likeness (QED) is 0.530. The second kappa shape index (κ2) is 7.17. The molecule has 8 heteroatoms. The van der Waals surface area contributed by atoms with Crippen LogP contribution in [-0.4, -0.2) is 25.8 Å². The second-order valence-electron chi connectivity index (χ2n) is 7.06. The lowest BCUT2D eigenvalue weighted by molar-refractivity contribution is 0.0697. The summed E-state index contributed by atoms with van der Waals surface area (Å²) in [5.41, 5.74) is 2.43. The molecule has 1 aromatic heterocycles. The molecule has 2 heterocycles. The molecule has 1 aliphatic heterocycles. The zero-order valence-corrected chi connectivity index (χ0v) is 16.0. The molecule has 0 radical (unpaired) electrons. The summed E-state index contributed by atoms with van der Waals surface area (Å²) in [5, 5.41) is 17.1. The molecule has 0 aliphatic carbocycles. The highest BCUT2D eigenvalue weighted by Crippen LogP contribution is 2.36. The van der Waals surface area contributed by atoms with Gasteiger partial charge in [-0.05, 0) is 54.1 Å². The first-order chi connectivity index (χ1) is 15.0. The number of para-hydroxylation sites is 1. The molecule has 152 valence electrons. The second-order valence-corrected chi connectivity index (χ2v) is 7.06. The van der Waals surface area contributed by atoms with Gasteiger partial charge in [-0.3, -0.25) is 4.79 Å². The van der Waals surface area contributed by atoms with E-state index in [1.165, 1.54) is 36.4 Å². The average Bonchev–Trinajstić information content (AvgIpc) is 2.79. The molecular weight excluding hydrogens is 399 g/mol. The van der Waals surface area contributed by atoms with Crippen LogP contribution in [0.15, 0.2) is 77.6 Å². The van der Waals surface area contributed by atoms with Crippen LogP contribution in [0.1, 0.15) is 22.1 Å². The third-order valence-corrected chi connectivity index (χ3v) is 5.13. The Morgan fingerprint density at radius 1 is 1.00 bits per heavy atom. The number of aromatic nitrogens is 3. The van der Waals surface area contributed by atoms with Gasteiger partial charge in [-0.25, -0.2) is 13.9 Å². The van der Waals surface area contributed by atoms with Crippen LogP contribution in [0.2, 0.25) is 0 Å². The van der Waals surface area contributed by atoms with Crippen molar-refractivity contribution in [3.63, 3.8) is 0 Å². The van der Waals surface area contributed by atoms with Gasteiger partial charge >= 0.3 is 5.97 Å². The van der Waals surface area contributed by atoms with Crippen molar-refractivity contribution >= 4 is 11.7 Å². The summed E-state index contributed by atoms with van der Waals surface area (Å²) in [7, 11) is 0. The summed E-state index contributed by atoms with van der Waals surface area (Å²) in [6, 6.07) is 19.3. The fourth-order valence-electron chi connectivity index (χ4n) is 3.60. The van der Waals surface area contributed by atoms with Crippen molar-refractivity contribution in [2.45, 2.75) is 6.17 Å². The topological polar surface area (TPSA) is 97.1 Å². The number of fused-ring (bicyclic) bond motifs is 3. The molecular formula is C23H15FN4O3. The summed E-state index contributed by atoms with van der Waals surface area (Å²) >= 11 is 0. The van der Waals surface area contributed by atoms with E-state index in [1.807, 2.05) is 24.3 Å². The van der Waals surface area contributed by atoms with Crippen molar-refractivity contribution in [1.82, 2.24) is 14.8 Å². The van der Waals surface area contributed by atoms with Crippen LogP contribution in [0.4, 0.5) is 10.1 Å². The molecule has 0 saturated carbocycles. The first-order valence-corrected chi connectivity index (χ1v) is 9.47. The minimum absolute atomic E-state index is 0.0945. The van der Waals surface area contributed by atoms with Crippen LogP contribution < -0.4 is 10.9 Å². The van der Waals surface area contributed by atoms with Crippen LogP contribution in [0.25, 0.3) is 22.6 Å². The molecule has 5 rings (SSSR count). The first-order valence-electron chi connectivity index (χ1n) is 9.47. The number of halogens is 1. The van der Waals surface area contributed by atoms with E-state index in [9.17, 15) is 19.1 Å². The predicted octanol–water partition coefficient (Wildman–Crippen LogP) is 3.78. The molecule has 0 bridgehead atoms. The lowest BCUT2D eigenvalue weighted by Crippen LogP contribution is -2.32. The monoisotopic (exact) mass is 414 g/mol. The van der Waals surface area contributed by atoms with Gasteiger partial charge in [0.15, 0.2) is 11.5 Å². The van der Waals surface area contributed by atoms with Crippen molar-refractivity contribution in [2.75, 3.05) is 5.32 Å². The van der Waals surface area contributed by atoms with E-state index in [-0.39, 0.29) is 11.3 Å². The summed E-state index contributed by atoms with van der Waals surface area (Å²) in [5.74, 6) is -1.05. The van der Waals surface area contributed by atoms with Gasteiger partial charge < -0.3 is 10.4 Å². The number of rotatable bonds is 3. The largest absolute Gasteiger partial charge is 0.478 e. The Hall–Kier alpha value is -4.33. The predicted molar refractivity (Wildman–Crippen MR) is 112 cm³/mol.